The van der Waals surface area contributed by atoms with Gasteiger partial charge in [0, 0.05) is 47.7 Å². The Balaban J connectivity index is 0.000000338. The SMILES string of the molecule is F[B-](F)(F)F.c1cncc(-c2cccnc2-c2cccnc2)c1. The Kier molecular flexibility index (Phi) is 5.40. The van der Waals surface area contributed by atoms with E-state index < -0.39 is 7.25 Å². The number of aromatic nitrogens is 3. The van der Waals surface area contributed by atoms with Crippen LogP contribution in [0.15, 0.2) is 67.4 Å². The smallest absolute Gasteiger partial charge is 0.418 e. The second-order valence-corrected chi connectivity index (χ2v) is 4.38. The maximum atomic E-state index is 9.75. The van der Waals surface area contributed by atoms with Gasteiger partial charge in [-0.15, -0.1) is 0 Å². The summed E-state index contributed by atoms with van der Waals surface area (Å²) in [5, 5.41) is 0. The summed E-state index contributed by atoms with van der Waals surface area (Å²) in [4.78, 5) is 12.8. The zero-order valence-corrected chi connectivity index (χ0v) is 11.8. The van der Waals surface area contributed by atoms with Gasteiger partial charge in [-0.2, -0.15) is 0 Å². The van der Waals surface area contributed by atoms with Crippen LogP contribution in [-0.2, 0) is 0 Å². The van der Waals surface area contributed by atoms with E-state index in [4.69, 9.17) is 0 Å². The van der Waals surface area contributed by atoms with Crippen molar-refractivity contribution < 1.29 is 17.3 Å². The van der Waals surface area contributed by atoms with Crippen LogP contribution in [0, 0.1) is 0 Å². The van der Waals surface area contributed by atoms with Crippen molar-refractivity contribution in [1.29, 1.82) is 0 Å². The quantitative estimate of drug-likeness (QED) is 0.515. The Morgan fingerprint density at radius 1 is 0.696 bits per heavy atom. The first kappa shape index (κ1) is 16.6. The molecule has 0 aliphatic rings. The highest BCUT2D eigenvalue weighted by molar-refractivity contribution is 6.50. The van der Waals surface area contributed by atoms with Gasteiger partial charge in [0.25, 0.3) is 0 Å². The number of halogens is 4. The molecule has 0 bridgehead atoms. The van der Waals surface area contributed by atoms with Crippen LogP contribution in [0.1, 0.15) is 0 Å². The Hall–Kier alpha value is -2.77. The first-order chi connectivity index (χ1) is 10.9. The van der Waals surface area contributed by atoms with Crippen LogP contribution >= 0.6 is 0 Å². The number of nitrogens with zero attached hydrogens (tertiary/aromatic N) is 3. The van der Waals surface area contributed by atoms with Crippen LogP contribution in [0.25, 0.3) is 22.4 Å². The second-order valence-electron chi connectivity index (χ2n) is 4.38. The topological polar surface area (TPSA) is 38.7 Å². The van der Waals surface area contributed by atoms with E-state index in [-0.39, 0.29) is 0 Å². The highest BCUT2D eigenvalue weighted by atomic mass is 19.5. The number of rotatable bonds is 2. The van der Waals surface area contributed by atoms with Crippen molar-refractivity contribution in [2.75, 3.05) is 0 Å². The van der Waals surface area contributed by atoms with Gasteiger partial charge < -0.3 is 17.3 Å². The maximum Gasteiger partial charge on any atom is 0.673 e. The Morgan fingerprint density at radius 2 is 1.22 bits per heavy atom. The third-order valence-electron chi connectivity index (χ3n) is 2.72. The summed E-state index contributed by atoms with van der Waals surface area (Å²) < 4.78 is 39.0. The fourth-order valence-corrected chi connectivity index (χ4v) is 1.89. The van der Waals surface area contributed by atoms with Gasteiger partial charge in [0.15, 0.2) is 0 Å². The van der Waals surface area contributed by atoms with Gasteiger partial charge in [-0.05, 0) is 24.3 Å². The van der Waals surface area contributed by atoms with Crippen molar-refractivity contribution in [3.8, 4) is 22.4 Å². The van der Waals surface area contributed by atoms with E-state index in [9.17, 15) is 17.3 Å². The number of pyridine rings is 3. The molecule has 3 nitrogen and oxygen atoms in total. The minimum Gasteiger partial charge on any atom is -0.418 e. The van der Waals surface area contributed by atoms with Crippen molar-refractivity contribution in [2.24, 2.45) is 0 Å². The minimum atomic E-state index is -6.00. The lowest BCUT2D eigenvalue weighted by Gasteiger charge is -2.07. The molecule has 0 unspecified atom stereocenters. The van der Waals surface area contributed by atoms with Crippen LogP contribution in [0.3, 0.4) is 0 Å². The molecule has 0 aromatic carbocycles. The summed E-state index contributed by atoms with van der Waals surface area (Å²) in [6.45, 7) is 0. The highest BCUT2D eigenvalue weighted by Crippen LogP contribution is 2.28. The van der Waals surface area contributed by atoms with Crippen LogP contribution < -0.4 is 0 Å². The van der Waals surface area contributed by atoms with E-state index in [0.717, 1.165) is 22.4 Å². The molecule has 0 N–H and O–H groups in total. The molecule has 0 amide bonds. The maximum absolute atomic E-state index is 9.75. The van der Waals surface area contributed by atoms with Gasteiger partial charge in [-0.3, -0.25) is 15.0 Å². The zero-order chi connectivity index (χ0) is 16.7. The molecular formula is C15H11BF4N3-. The molecular weight excluding hydrogens is 309 g/mol. The molecule has 23 heavy (non-hydrogen) atoms. The van der Waals surface area contributed by atoms with Crippen molar-refractivity contribution >= 4 is 7.25 Å². The van der Waals surface area contributed by atoms with Crippen LogP contribution in [0.2, 0.25) is 0 Å². The lowest BCUT2D eigenvalue weighted by molar-refractivity contribution is 0.368. The molecule has 3 rings (SSSR count). The molecule has 3 aromatic heterocycles. The molecule has 0 saturated heterocycles. The summed E-state index contributed by atoms with van der Waals surface area (Å²) in [5.41, 5.74) is 4.07. The molecule has 0 aliphatic heterocycles. The molecule has 0 aliphatic carbocycles. The third kappa shape index (κ3) is 5.50. The molecule has 0 saturated carbocycles. The van der Waals surface area contributed by atoms with Gasteiger partial charge >= 0.3 is 7.25 Å². The standard InChI is InChI=1S/C15H11N3.BF4/c1-4-12(10-16-7-1)14-6-3-9-18-15(14)13-5-2-8-17-11-13;2-1(3,4)5/h1-11H;/q;-1. The minimum absolute atomic E-state index is 0.929. The predicted molar refractivity (Wildman–Crippen MR) is 80.9 cm³/mol. The number of hydrogen-bond donors (Lipinski definition) is 0. The van der Waals surface area contributed by atoms with Crippen LogP contribution in [0.4, 0.5) is 17.3 Å². The van der Waals surface area contributed by atoms with Crippen LogP contribution in [0.5, 0.6) is 0 Å². The Labute approximate surface area is 130 Å². The predicted octanol–water partition coefficient (Wildman–Crippen LogP) is 4.51. The van der Waals surface area contributed by atoms with E-state index in [1.54, 1.807) is 18.6 Å². The first-order valence-corrected chi connectivity index (χ1v) is 6.58. The van der Waals surface area contributed by atoms with E-state index in [2.05, 4.69) is 15.0 Å². The molecule has 3 aromatic rings. The van der Waals surface area contributed by atoms with E-state index in [0.29, 0.717) is 0 Å². The van der Waals surface area contributed by atoms with Gasteiger partial charge in [0.2, 0.25) is 0 Å². The zero-order valence-electron chi connectivity index (χ0n) is 11.8. The molecule has 8 heteroatoms. The fraction of sp³-hybridized carbons (Fsp3) is 0. The average Bonchev–Trinajstić information content (AvgIpc) is 2.55. The lowest BCUT2D eigenvalue weighted by Crippen LogP contribution is -2.02. The van der Waals surface area contributed by atoms with Gasteiger partial charge in [-0.1, -0.05) is 12.1 Å². The van der Waals surface area contributed by atoms with Gasteiger partial charge in [0.1, 0.15) is 0 Å². The van der Waals surface area contributed by atoms with Crippen LogP contribution in [-0.4, -0.2) is 22.2 Å². The van der Waals surface area contributed by atoms with E-state index >= 15 is 0 Å². The normalized spacial score (nSPS) is 10.6. The highest BCUT2D eigenvalue weighted by Gasteiger charge is 2.20. The van der Waals surface area contributed by atoms with E-state index in [1.807, 2.05) is 48.8 Å². The lowest BCUT2D eigenvalue weighted by atomic mass is 10.0. The molecule has 0 radical (unpaired) electrons. The van der Waals surface area contributed by atoms with E-state index in [1.165, 1.54) is 0 Å². The molecule has 0 fully saturated rings. The summed E-state index contributed by atoms with van der Waals surface area (Å²) in [7, 11) is -6.00. The first-order valence-electron chi connectivity index (χ1n) is 6.58. The van der Waals surface area contributed by atoms with Gasteiger partial charge in [0.05, 0.1) is 5.69 Å². The van der Waals surface area contributed by atoms with Gasteiger partial charge in [-0.25, -0.2) is 0 Å². The summed E-state index contributed by atoms with van der Waals surface area (Å²) in [5.74, 6) is 0. The summed E-state index contributed by atoms with van der Waals surface area (Å²) in [6, 6.07) is 11.9. The van der Waals surface area contributed by atoms with Crippen molar-refractivity contribution in [3.63, 3.8) is 0 Å². The third-order valence-corrected chi connectivity index (χ3v) is 2.72. The average molecular weight is 320 g/mol. The molecule has 3 heterocycles. The van der Waals surface area contributed by atoms with Crippen molar-refractivity contribution in [2.45, 2.75) is 0 Å². The van der Waals surface area contributed by atoms with Crippen molar-refractivity contribution in [3.05, 3.63) is 67.4 Å². The van der Waals surface area contributed by atoms with Crippen molar-refractivity contribution in [1.82, 2.24) is 15.0 Å². The molecule has 118 valence electrons. The number of hydrogen-bond acceptors (Lipinski definition) is 3. The summed E-state index contributed by atoms with van der Waals surface area (Å²) >= 11 is 0. The second kappa shape index (κ2) is 7.48. The molecule has 0 spiro atoms. The molecule has 0 atom stereocenters. The largest absolute Gasteiger partial charge is 0.673 e. The monoisotopic (exact) mass is 320 g/mol. The fourth-order valence-electron chi connectivity index (χ4n) is 1.89. The Bertz CT molecular complexity index is 672. The summed E-state index contributed by atoms with van der Waals surface area (Å²) in [6.07, 6.45) is 8.99. The Morgan fingerprint density at radius 3 is 1.74 bits per heavy atom.